The molecule has 0 saturated heterocycles. The maximum Gasteiger partial charge on any atom is 0.167 e. The van der Waals surface area contributed by atoms with E-state index in [4.69, 9.17) is 4.74 Å². The summed E-state index contributed by atoms with van der Waals surface area (Å²) in [4.78, 5) is 0. The van der Waals surface area contributed by atoms with Crippen LogP contribution in [0, 0.1) is 5.82 Å². The number of hydrogen-bond donors (Lipinski definition) is 1. The highest BCUT2D eigenvalue weighted by molar-refractivity contribution is 5.38. The van der Waals surface area contributed by atoms with Gasteiger partial charge >= 0.3 is 0 Å². The fourth-order valence-corrected chi connectivity index (χ4v) is 1.77. The molecule has 0 amide bonds. The average Bonchev–Trinajstić information content (AvgIpc) is 2.87. The van der Waals surface area contributed by atoms with Gasteiger partial charge in [-0.15, -0.1) is 5.10 Å². The van der Waals surface area contributed by atoms with Crippen LogP contribution in [0.15, 0.2) is 24.4 Å². The number of benzene rings is 1. The summed E-state index contributed by atoms with van der Waals surface area (Å²) in [6.07, 6.45) is 1.79. The zero-order valence-corrected chi connectivity index (χ0v) is 12.9. The van der Waals surface area contributed by atoms with Crippen LogP contribution in [0.4, 0.5) is 4.39 Å². The number of aromatic nitrogens is 3. The third kappa shape index (κ3) is 4.26. The Morgan fingerprint density at radius 1 is 1.33 bits per heavy atom. The second-order valence-corrected chi connectivity index (χ2v) is 5.81. The first-order valence-corrected chi connectivity index (χ1v) is 6.98. The van der Waals surface area contributed by atoms with E-state index in [1.54, 1.807) is 23.0 Å². The highest BCUT2D eigenvalue weighted by atomic mass is 19.1. The van der Waals surface area contributed by atoms with E-state index in [1.165, 1.54) is 6.07 Å². The first kappa shape index (κ1) is 15.4. The molecule has 6 heteroatoms. The van der Waals surface area contributed by atoms with Crippen molar-refractivity contribution in [3.05, 3.63) is 35.9 Å². The van der Waals surface area contributed by atoms with Crippen LogP contribution >= 0.6 is 0 Å². The van der Waals surface area contributed by atoms with Crippen LogP contribution in [0.5, 0.6) is 5.75 Å². The molecule has 21 heavy (non-hydrogen) atoms. The van der Waals surface area contributed by atoms with E-state index in [0.717, 1.165) is 5.69 Å². The summed E-state index contributed by atoms with van der Waals surface area (Å²) in [6, 6.07) is 4.74. The summed E-state index contributed by atoms with van der Waals surface area (Å²) in [5.41, 5.74) is 1.43. The summed E-state index contributed by atoms with van der Waals surface area (Å²) in [6.45, 7) is 9.11. The van der Waals surface area contributed by atoms with Crippen LogP contribution in [-0.2, 0) is 6.54 Å². The summed E-state index contributed by atoms with van der Waals surface area (Å²) in [7, 11) is 0. The van der Waals surface area contributed by atoms with Crippen molar-refractivity contribution < 1.29 is 9.13 Å². The van der Waals surface area contributed by atoms with Crippen LogP contribution in [0.25, 0.3) is 5.69 Å². The normalized spacial score (nSPS) is 11.7. The van der Waals surface area contributed by atoms with E-state index < -0.39 is 5.82 Å². The maximum atomic E-state index is 13.8. The Labute approximate surface area is 124 Å². The SMILES string of the molecule is CCOc1ccc(-n2cc(CNC(C)(C)C)nn2)cc1F. The molecule has 0 spiro atoms. The Balaban J connectivity index is 2.12. The largest absolute Gasteiger partial charge is 0.491 e. The molecule has 1 aromatic carbocycles. The van der Waals surface area contributed by atoms with Crippen molar-refractivity contribution in [1.82, 2.24) is 20.3 Å². The van der Waals surface area contributed by atoms with Gasteiger partial charge in [-0.1, -0.05) is 5.21 Å². The summed E-state index contributed by atoms with van der Waals surface area (Å²) in [5, 5.41) is 11.4. The van der Waals surface area contributed by atoms with E-state index in [2.05, 4.69) is 36.4 Å². The molecule has 0 bridgehead atoms. The number of rotatable bonds is 5. The Morgan fingerprint density at radius 3 is 2.71 bits per heavy atom. The second kappa shape index (κ2) is 6.22. The third-order valence-corrected chi connectivity index (χ3v) is 2.82. The predicted octanol–water partition coefficient (Wildman–Crippen LogP) is 2.69. The summed E-state index contributed by atoms with van der Waals surface area (Å²) >= 11 is 0. The Bertz CT molecular complexity index is 604. The van der Waals surface area contributed by atoms with E-state index in [-0.39, 0.29) is 11.3 Å². The van der Waals surface area contributed by atoms with E-state index in [1.807, 2.05) is 6.92 Å². The maximum absolute atomic E-state index is 13.8. The highest BCUT2D eigenvalue weighted by Crippen LogP contribution is 2.20. The number of nitrogens with one attached hydrogen (secondary N) is 1. The molecule has 1 heterocycles. The zero-order chi connectivity index (χ0) is 15.5. The fraction of sp³-hybridized carbons (Fsp3) is 0.467. The molecular formula is C15H21FN4O. The minimum Gasteiger partial charge on any atom is -0.491 e. The summed E-state index contributed by atoms with van der Waals surface area (Å²) in [5.74, 6) is -0.157. The average molecular weight is 292 g/mol. The first-order chi connectivity index (χ1) is 9.89. The van der Waals surface area contributed by atoms with Crippen molar-refractivity contribution >= 4 is 0 Å². The van der Waals surface area contributed by atoms with Crippen LogP contribution in [0.3, 0.4) is 0 Å². The van der Waals surface area contributed by atoms with Gasteiger partial charge in [-0.25, -0.2) is 9.07 Å². The van der Waals surface area contributed by atoms with Gasteiger partial charge in [-0.3, -0.25) is 0 Å². The van der Waals surface area contributed by atoms with Gasteiger partial charge in [-0.05, 0) is 39.8 Å². The standard InChI is InChI=1S/C15H21FN4O/c1-5-21-14-7-6-12(8-13(14)16)20-10-11(18-19-20)9-17-15(2,3)4/h6-8,10,17H,5,9H2,1-4H3. The van der Waals surface area contributed by atoms with Crippen molar-refractivity contribution in [1.29, 1.82) is 0 Å². The first-order valence-electron chi connectivity index (χ1n) is 6.98. The van der Waals surface area contributed by atoms with Crippen LogP contribution in [-0.4, -0.2) is 27.1 Å². The van der Waals surface area contributed by atoms with Gasteiger partial charge in [0, 0.05) is 18.2 Å². The van der Waals surface area contributed by atoms with Crippen LogP contribution in [0.1, 0.15) is 33.4 Å². The predicted molar refractivity (Wildman–Crippen MR) is 79.1 cm³/mol. The Morgan fingerprint density at radius 2 is 2.10 bits per heavy atom. The monoisotopic (exact) mass is 292 g/mol. The van der Waals surface area contributed by atoms with Crippen molar-refractivity contribution in [3.63, 3.8) is 0 Å². The van der Waals surface area contributed by atoms with Crippen molar-refractivity contribution in [2.24, 2.45) is 0 Å². The molecule has 2 aromatic rings. The lowest BCUT2D eigenvalue weighted by Crippen LogP contribution is -2.35. The molecule has 5 nitrogen and oxygen atoms in total. The Kier molecular flexibility index (Phi) is 4.57. The zero-order valence-electron chi connectivity index (χ0n) is 12.9. The Hall–Kier alpha value is -1.95. The van der Waals surface area contributed by atoms with Crippen molar-refractivity contribution in [2.75, 3.05) is 6.61 Å². The van der Waals surface area contributed by atoms with E-state index in [9.17, 15) is 4.39 Å². The molecular weight excluding hydrogens is 271 g/mol. The number of hydrogen-bond acceptors (Lipinski definition) is 4. The van der Waals surface area contributed by atoms with Crippen molar-refractivity contribution in [2.45, 2.75) is 39.8 Å². The van der Waals surface area contributed by atoms with Crippen molar-refractivity contribution in [3.8, 4) is 11.4 Å². The lowest BCUT2D eigenvalue weighted by Gasteiger charge is -2.19. The second-order valence-electron chi connectivity index (χ2n) is 5.81. The highest BCUT2D eigenvalue weighted by Gasteiger charge is 2.11. The molecule has 0 aliphatic rings. The molecule has 0 atom stereocenters. The molecule has 0 radical (unpaired) electrons. The van der Waals surface area contributed by atoms with Crippen LogP contribution in [0.2, 0.25) is 0 Å². The number of halogens is 1. The third-order valence-electron chi connectivity index (χ3n) is 2.82. The molecule has 0 aliphatic heterocycles. The van der Waals surface area contributed by atoms with Gasteiger partial charge in [0.1, 0.15) is 0 Å². The fourth-order valence-electron chi connectivity index (χ4n) is 1.77. The lowest BCUT2D eigenvalue weighted by atomic mass is 10.1. The van der Waals surface area contributed by atoms with Gasteiger partial charge in [0.05, 0.1) is 24.2 Å². The molecule has 0 fully saturated rings. The molecule has 0 aliphatic carbocycles. The van der Waals surface area contributed by atoms with Gasteiger partial charge in [0.2, 0.25) is 0 Å². The van der Waals surface area contributed by atoms with E-state index >= 15 is 0 Å². The molecule has 0 unspecified atom stereocenters. The molecule has 0 saturated carbocycles. The quantitative estimate of drug-likeness (QED) is 0.920. The summed E-state index contributed by atoms with van der Waals surface area (Å²) < 4.78 is 20.6. The topological polar surface area (TPSA) is 52.0 Å². The number of nitrogens with zero attached hydrogens (tertiary/aromatic N) is 3. The molecule has 114 valence electrons. The minimum absolute atomic E-state index is 0.00896. The van der Waals surface area contributed by atoms with Gasteiger partial charge in [-0.2, -0.15) is 0 Å². The van der Waals surface area contributed by atoms with Gasteiger partial charge in [0.15, 0.2) is 11.6 Å². The van der Waals surface area contributed by atoms with Gasteiger partial charge < -0.3 is 10.1 Å². The van der Waals surface area contributed by atoms with E-state index in [0.29, 0.717) is 18.8 Å². The molecule has 2 rings (SSSR count). The van der Waals surface area contributed by atoms with Gasteiger partial charge in [0.25, 0.3) is 0 Å². The molecule has 1 aromatic heterocycles. The lowest BCUT2D eigenvalue weighted by molar-refractivity contribution is 0.321. The minimum atomic E-state index is -0.404. The van der Waals surface area contributed by atoms with Crippen LogP contribution < -0.4 is 10.1 Å². The molecule has 1 N–H and O–H groups in total. The smallest absolute Gasteiger partial charge is 0.167 e. The number of ether oxygens (including phenoxy) is 1.